The number of carbonyl (C=O) groups excluding carboxylic acids is 1. The zero-order valence-electron chi connectivity index (χ0n) is 18.5. The lowest BCUT2D eigenvalue weighted by Crippen LogP contribution is -2.70. The normalized spacial score (nSPS) is 33.4. The first-order valence-electron chi connectivity index (χ1n) is 11.5. The Morgan fingerprint density at radius 1 is 1.21 bits per heavy atom. The minimum atomic E-state index is -0.571. The molecule has 1 aliphatic carbocycles. The van der Waals surface area contributed by atoms with Crippen molar-refractivity contribution in [1.82, 2.24) is 10.2 Å². The molecule has 5 atom stereocenters. The zero-order chi connectivity index (χ0) is 20.6. The van der Waals surface area contributed by atoms with Crippen LogP contribution < -0.4 is 5.32 Å². The number of likely N-dealkylation sites (tertiary alicyclic amines) is 1. The number of piperidine rings is 1. The summed E-state index contributed by atoms with van der Waals surface area (Å²) < 4.78 is 0. The summed E-state index contributed by atoms with van der Waals surface area (Å²) in [5.41, 5.74) is 0.796. The van der Waals surface area contributed by atoms with Crippen molar-refractivity contribution in [2.75, 3.05) is 13.1 Å². The first kappa shape index (κ1) is 20.6. The highest BCUT2D eigenvalue weighted by Crippen LogP contribution is 2.54. The van der Waals surface area contributed by atoms with E-state index in [4.69, 9.17) is 4.99 Å². The quantitative estimate of drug-likeness (QED) is 0.754. The Labute approximate surface area is 176 Å². The molecule has 1 aromatic rings. The van der Waals surface area contributed by atoms with Gasteiger partial charge in [0, 0.05) is 37.2 Å². The highest BCUT2D eigenvalue weighted by Gasteiger charge is 2.61. The molecule has 0 spiro atoms. The minimum absolute atomic E-state index is 0.169. The van der Waals surface area contributed by atoms with E-state index in [1.807, 2.05) is 0 Å². The number of amides is 1. The van der Waals surface area contributed by atoms with E-state index >= 15 is 0 Å². The van der Waals surface area contributed by atoms with Crippen molar-refractivity contribution in [2.45, 2.75) is 65.1 Å². The van der Waals surface area contributed by atoms with Crippen molar-refractivity contribution in [3.05, 3.63) is 35.9 Å². The number of hydrogen-bond acceptors (Lipinski definition) is 3. The van der Waals surface area contributed by atoms with Gasteiger partial charge < -0.3 is 5.32 Å². The van der Waals surface area contributed by atoms with E-state index in [1.54, 1.807) is 0 Å². The molecule has 4 heteroatoms. The molecule has 0 unspecified atom stereocenters. The number of hydrogen-bond donors (Lipinski definition) is 1. The second-order valence-corrected chi connectivity index (χ2v) is 10.3. The summed E-state index contributed by atoms with van der Waals surface area (Å²) >= 11 is 0. The van der Waals surface area contributed by atoms with Crippen LogP contribution in [0.5, 0.6) is 0 Å². The summed E-state index contributed by atoms with van der Waals surface area (Å²) in [4.78, 5) is 21.2. The van der Waals surface area contributed by atoms with Crippen molar-refractivity contribution in [1.29, 1.82) is 0 Å². The third-order valence-corrected chi connectivity index (χ3v) is 7.24. The third-order valence-electron chi connectivity index (χ3n) is 7.24. The summed E-state index contributed by atoms with van der Waals surface area (Å²) in [6.45, 7) is 11.7. The Morgan fingerprint density at radius 3 is 2.66 bits per heavy atom. The van der Waals surface area contributed by atoms with E-state index in [-0.39, 0.29) is 5.91 Å². The molecule has 1 saturated carbocycles. The largest absolute Gasteiger partial charge is 0.354 e. The molecule has 3 aliphatic heterocycles. The van der Waals surface area contributed by atoms with E-state index in [9.17, 15) is 4.79 Å². The molecule has 4 nitrogen and oxygen atoms in total. The average Bonchev–Trinajstić information content (AvgIpc) is 2.70. The molecule has 29 heavy (non-hydrogen) atoms. The van der Waals surface area contributed by atoms with E-state index in [0.29, 0.717) is 35.6 Å². The maximum atomic E-state index is 13.5. The summed E-state index contributed by atoms with van der Waals surface area (Å²) in [7, 11) is 0. The topological polar surface area (TPSA) is 44.7 Å². The molecule has 1 amide bonds. The van der Waals surface area contributed by atoms with Gasteiger partial charge in [0.25, 0.3) is 0 Å². The Morgan fingerprint density at radius 2 is 1.97 bits per heavy atom. The van der Waals surface area contributed by atoms with Crippen LogP contribution >= 0.6 is 0 Å². The van der Waals surface area contributed by atoms with Gasteiger partial charge in [0.05, 0.1) is 0 Å². The highest BCUT2D eigenvalue weighted by molar-refractivity contribution is 5.91. The molecule has 3 heterocycles. The van der Waals surface area contributed by atoms with Crippen LogP contribution in [0.2, 0.25) is 0 Å². The van der Waals surface area contributed by atoms with Gasteiger partial charge in [-0.2, -0.15) is 0 Å². The van der Waals surface area contributed by atoms with Crippen LogP contribution in [-0.2, 0) is 11.3 Å². The number of carbonyl (C=O) groups is 1. The summed E-state index contributed by atoms with van der Waals surface area (Å²) in [6.07, 6.45) is 5.34. The van der Waals surface area contributed by atoms with Gasteiger partial charge in [-0.3, -0.25) is 14.7 Å². The molecular weight excluding hydrogens is 358 g/mol. The van der Waals surface area contributed by atoms with Crippen molar-refractivity contribution >= 4 is 12.1 Å². The SMILES string of the molecule is CC(C)CNC(=O)[C@@]12C[C@@H]3CCN(Cc4ccccc4)[C@@H]([C@@H]3C=N1)[C@H]2CC(C)C. The predicted octanol–water partition coefficient (Wildman–Crippen LogP) is 4.15. The van der Waals surface area contributed by atoms with Crippen LogP contribution in [0.15, 0.2) is 35.3 Å². The fourth-order valence-corrected chi connectivity index (χ4v) is 5.98. The van der Waals surface area contributed by atoms with E-state index in [0.717, 1.165) is 32.5 Å². The smallest absolute Gasteiger partial charge is 0.248 e. The fourth-order valence-electron chi connectivity index (χ4n) is 5.98. The maximum absolute atomic E-state index is 13.5. The number of benzene rings is 1. The molecule has 0 radical (unpaired) electrons. The zero-order valence-corrected chi connectivity index (χ0v) is 18.5. The fraction of sp³-hybridized carbons (Fsp3) is 0.680. The molecule has 4 bridgehead atoms. The molecule has 1 saturated heterocycles. The van der Waals surface area contributed by atoms with Crippen molar-refractivity contribution in [3.8, 4) is 0 Å². The van der Waals surface area contributed by atoms with Crippen LogP contribution in [0.1, 0.15) is 52.5 Å². The van der Waals surface area contributed by atoms with Crippen LogP contribution in [0.4, 0.5) is 0 Å². The standard InChI is InChI=1S/C25H37N3O/c1-17(2)12-22-23-21-15-27-25(22,24(29)26-14-18(3)4)13-20(21)10-11-28(23)16-19-8-6-5-7-9-19/h5-9,15,17-18,20-23H,10-14,16H2,1-4H3,(H,26,29)/t20-,21+,22+,23-,25-/m0/s1. The summed E-state index contributed by atoms with van der Waals surface area (Å²) in [5, 5.41) is 3.25. The second kappa shape index (κ2) is 8.22. The molecular formula is C25H37N3O. The lowest BCUT2D eigenvalue weighted by Gasteiger charge is -2.60. The monoisotopic (exact) mass is 395 g/mol. The number of nitrogens with zero attached hydrogens (tertiary/aromatic N) is 2. The van der Waals surface area contributed by atoms with Crippen molar-refractivity contribution < 1.29 is 4.79 Å². The van der Waals surface area contributed by atoms with Gasteiger partial charge in [-0.15, -0.1) is 0 Å². The Kier molecular flexibility index (Phi) is 5.83. The van der Waals surface area contributed by atoms with Gasteiger partial charge in [-0.05, 0) is 49.1 Å². The average molecular weight is 396 g/mol. The summed E-state index contributed by atoms with van der Waals surface area (Å²) in [5.74, 6) is 2.57. The Bertz CT molecular complexity index is 744. The number of aliphatic imine (C=N–C) groups is 1. The van der Waals surface area contributed by atoms with Crippen molar-refractivity contribution in [3.63, 3.8) is 0 Å². The van der Waals surface area contributed by atoms with Crippen LogP contribution in [0, 0.1) is 29.6 Å². The highest BCUT2D eigenvalue weighted by atomic mass is 16.2. The lowest BCUT2D eigenvalue weighted by atomic mass is 9.54. The minimum Gasteiger partial charge on any atom is -0.354 e. The Balaban J connectivity index is 1.65. The van der Waals surface area contributed by atoms with Crippen LogP contribution in [-0.4, -0.2) is 41.7 Å². The predicted molar refractivity (Wildman–Crippen MR) is 119 cm³/mol. The molecule has 158 valence electrons. The van der Waals surface area contributed by atoms with Gasteiger partial charge >= 0.3 is 0 Å². The summed E-state index contributed by atoms with van der Waals surface area (Å²) in [6, 6.07) is 11.2. The number of nitrogens with one attached hydrogen (secondary N) is 1. The molecule has 0 aromatic heterocycles. The first-order valence-corrected chi connectivity index (χ1v) is 11.5. The van der Waals surface area contributed by atoms with Gasteiger partial charge in [-0.1, -0.05) is 58.0 Å². The van der Waals surface area contributed by atoms with E-state index < -0.39 is 5.54 Å². The van der Waals surface area contributed by atoms with Crippen LogP contribution in [0.25, 0.3) is 0 Å². The first-order chi connectivity index (χ1) is 13.9. The van der Waals surface area contributed by atoms with E-state index in [1.165, 1.54) is 12.0 Å². The third kappa shape index (κ3) is 3.88. The molecule has 1 aromatic carbocycles. The van der Waals surface area contributed by atoms with Gasteiger partial charge in [0.2, 0.25) is 5.91 Å². The molecule has 4 aliphatic rings. The second-order valence-electron chi connectivity index (χ2n) is 10.3. The maximum Gasteiger partial charge on any atom is 0.248 e. The van der Waals surface area contributed by atoms with Crippen molar-refractivity contribution in [2.24, 2.45) is 34.6 Å². The van der Waals surface area contributed by atoms with Gasteiger partial charge in [0.1, 0.15) is 5.54 Å². The van der Waals surface area contributed by atoms with Crippen LogP contribution in [0.3, 0.4) is 0 Å². The van der Waals surface area contributed by atoms with E-state index in [2.05, 4.69) is 74.5 Å². The number of rotatable bonds is 7. The van der Waals surface area contributed by atoms with Gasteiger partial charge in [0.15, 0.2) is 0 Å². The molecule has 1 N–H and O–H groups in total. The van der Waals surface area contributed by atoms with Gasteiger partial charge in [-0.25, -0.2) is 0 Å². The molecule has 5 rings (SSSR count). The lowest BCUT2D eigenvalue weighted by molar-refractivity contribution is -0.139. The molecule has 2 fully saturated rings. The Hall–Kier alpha value is -1.68.